The molecule has 0 atom stereocenters. The van der Waals surface area contributed by atoms with Crippen molar-refractivity contribution in [1.29, 1.82) is 0 Å². The standard InChI is InChI=1S/C9H20S2/c1-9(2,3)7-5-6-8-11-10-4/h5-8H2,1-4H3. The molecule has 0 radical (unpaired) electrons. The lowest BCUT2D eigenvalue weighted by Crippen LogP contribution is -2.04. The van der Waals surface area contributed by atoms with E-state index in [-0.39, 0.29) is 0 Å². The lowest BCUT2D eigenvalue weighted by molar-refractivity contribution is 0.364. The molecule has 11 heavy (non-hydrogen) atoms. The molecule has 0 N–H and O–H groups in total. The van der Waals surface area contributed by atoms with E-state index in [1.165, 1.54) is 25.0 Å². The van der Waals surface area contributed by atoms with E-state index in [9.17, 15) is 0 Å². The summed E-state index contributed by atoms with van der Waals surface area (Å²) in [6.45, 7) is 6.94. The van der Waals surface area contributed by atoms with Gasteiger partial charge in [0.05, 0.1) is 0 Å². The molecular formula is C9H20S2. The summed E-state index contributed by atoms with van der Waals surface area (Å²) in [5, 5.41) is 0. The fourth-order valence-electron chi connectivity index (χ4n) is 0.900. The summed E-state index contributed by atoms with van der Waals surface area (Å²) in [6, 6.07) is 0. The van der Waals surface area contributed by atoms with E-state index in [1.54, 1.807) is 0 Å². The van der Waals surface area contributed by atoms with Gasteiger partial charge in [0.25, 0.3) is 0 Å². The van der Waals surface area contributed by atoms with E-state index in [4.69, 9.17) is 0 Å². The summed E-state index contributed by atoms with van der Waals surface area (Å²) < 4.78 is 0. The maximum Gasteiger partial charge on any atom is 0.00368 e. The molecular weight excluding hydrogens is 172 g/mol. The Morgan fingerprint density at radius 2 is 1.73 bits per heavy atom. The highest BCUT2D eigenvalue weighted by Gasteiger charge is 2.08. The highest BCUT2D eigenvalue weighted by Crippen LogP contribution is 2.24. The molecule has 0 saturated carbocycles. The normalized spacial score (nSPS) is 12.0. The minimum Gasteiger partial charge on any atom is -0.0976 e. The molecule has 0 aromatic heterocycles. The van der Waals surface area contributed by atoms with E-state index in [2.05, 4.69) is 27.0 Å². The first-order valence-corrected chi connectivity index (χ1v) is 6.94. The highest BCUT2D eigenvalue weighted by molar-refractivity contribution is 8.76. The van der Waals surface area contributed by atoms with Crippen LogP contribution in [0.4, 0.5) is 0 Å². The zero-order valence-electron chi connectivity index (χ0n) is 8.14. The molecule has 0 aliphatic heterocycles. The number of rotatable bonds is 5. The first-order chi connectivity index (χ1) is 5.06. The number of hydrogen-bond donors (Lipinski definition) is 0. The third-order valence-electron chi connectivity index (χ3n) is 1.52. The molecule has 0 spiro atoms. The molecule has 0 fully saturated rings. The molecule has 0 saturated heterocycles. The molecule has 0 aromatic rings. The van der Waals surface area contributed by atoms with E-state index in [0.717, 1.165) is 0 Å². The van der Waals surface area contributed by atoms with Crippen LogP contribution in [0.5, 0.6) is 0 Å². The lowest BCUT2D eigenvalue weighted by atomic mass is 9.90. The maximum atomic E-state index is 2.31. The third kappa shape index (κ3) is 10.7. The van der Waals surface area contributed by atoms with Gasteiger partial charge in [-0.05, 0) is 24.5 Å². The van der Waals surface area contributed by atoms with E-state index >= 15 is 0 Å². The summed E-state index contributed by atoms with van der Waals surface area (Å²) in [5.74, 6) is 1.32. The largest absolute Gasteiger partial charge is 0.0976 e. The van der Waals surface area contributed by atoms with Crippen LogP contribution in [0.25, 0.3) is 0 Å². The van der Waals surface area contributed by atoms with E-state index in [1.807, 2.05) is 21.6 Å². The Morgan fingerprint density at radius 3 is 2.18 bits per heavy atom. The van der Waals surface area contributed by atoms with Gasteiger partial charge < -0.3 is 0 Å². The third-order valence-corrected chi connectivity index (χ3v) is 3.42. The van der Waals surface area contributed by atoms with Crippen LogP contribution in [-0.2, 0) is 0 Å². The van der Waals surface area contributed by atoms with Crippen LogP contribution in [0.3, 0.4) is 0 Å². The monoisotopic (exact) mass is 192 g/mol. The summed E-state index contributed by atoms with van der Waals surface area (Å²) in [7, 11) is 3.85. The van der Waals surface area contributed by atoms with Crippen molar-refractivity contribution >= 4 is 21.6 Å². The molecule has 0 amide bonds. The zero-order chi connectivity index (χ0) is 8.74. The Bertz CT molecular complexity index is 84.1. The second-order valence-corrected chi connectivity index (χ2v) is 6.69. The first kappa shape index (κ1) is 11.7. The minimum atomic E-state index is 0.532. The molecule has 0 aromatic carbocycles. The van der Waals surface area contributed by atoms with Crippen molar-refractivity contribution in [2.24, 2.45) is 5.41 Å². The van der Waals surface area contributed by atoms with Gasteiger partial charge in [0.15, 0.2) is 0 Å². The Hall–Kier alpha value is 0.700. The van der Waals surface area contributed by atoms with Gasteiger partial charge in [-0.25, -0.2) is 0 Å². The molecule has 68 valence electrons. The van der Waals surface area contributed by atoms with Crippen molar-refractivity contribution in [2.45, 2.75) is 40.0 Å². The minimum absolute atomic E-state index is 0.532. The predicted octanol–water partition coefficient (Wildman–Crippen LogP) is 4.21. The molecule has 0 heterocycles. The van der Waals surface area contributed by atoms with Gasteiger partial charge in [-0.1, -0.05) is 48.8 Å². The van der Waals surface area contributed by atoms with Crippen LogP contribution in [0.1, 0.15) is 40.0 Å². The number of hydrogen-bond acceptors (Lipinski definition) is 2. The van der Waals surface area contributed by atoms with Crippen LogP contribution in [0.15, 0.2) is 0 Å². The summed E-state index contributed by atoms with van der Waals surface area (Å²) in [4.78, 5) is 0. The lowest BCUT2D eigenvalue weighted by Gasteiger charge is -2.17. The van der Waals surface area contributed by atoms with Gasteiger partial charge in [-0.3, -0.25) is 0 Å². The Morgan fingerprint density at radius 1 is 1.09 bits per heavy atom. The molecule has 0 bridgehead atoms. The van der Waals surface area contributed by atoms with Gasteiger partial charge in [-0.2, -0.15) is 0 Å². The smallest absolute Gasteiger partial charge is 0.00368 e. The van der Waals surface area contributed by atoms with Crippen molar-refractivity contribution in [3.63, 3.8) is 0 Å². The quantitative estimate of drug-likeness (QED) is 0.472. The average Bonchev–Trinajstić information content (AvgIpc) is 1.85. The fourth-order valence-corrected chi connectivity index (χ4v) is 2.24. The van der Waals surface area contributed by atoms with Crippen molar-refractivity contribution in [2.75, 3.05) is 12.0 Å². The second kappa shape index (κ2) is 6.24. The van der Waals surface area contributed by atoms with E-state index < -0.39 is 0 Å². The van der Waals surface area contributed by atoms with Crippen molar-refractivity contribution in [3.8, 4) is 0 Å². The zero-order valence-corrected chi connectivity index (χ0v) is 9.78. The molecule has 0 nitrogen and oxygen atoms in total. The molecule has 2 heteroatoms. The topological polar surface area (TPSA) is 0 Å². The van der Waals surface area contributed by atoms with Crippen LogP contribution in [0, 0.1) is 5.41 Å². The fraction of sp³-hybridized carbons (Fsp3) is 1.00. The Labute approximate surface area is 79.3 Å². The van der Waals surface area contributed by atoms with Crippen LogP contribution < -0.4 is 0 Å². The van der Waals surface area contributed by atoms with Gasteiger partial charge in [0.1, 0.15) is 0 Å². The van der Waals surface area contributed by atoms with Crippen LogP contribution in [0.2, 0.25) is 0 Å². The first-order valence-electron chi connectivity index (χ1n) is 4.22. The van der Waals surface area contributed by atoms with E-state index in [0.29, 0.717) is 5.41 Å². The molecule has 0 aliphatic carbocycles. The van der Waals surface area contributed by atoms with Crippen LogP contribution >= 0.6 is 21.6 Å². The predicted molar refractivity (Wildman–Crippen MR) is 59.3 cm³/mol. The van der Waals surface area contributed by atoms with Crippen molar-refractivity contribution < 1.29 is 0 Å². The molecule has 0 unspecified atom stereocenters. The average molecular weight is 192 g/mol. The van der Waals surface area contributed by atoms with Gasteiger partial charge in [-0.15, -0.1) is 0 Å². The van der Waals surface area contributed by atoms with Gasteiger partial charge in [0.2, 0.25) is 0 Å². The Kier molecular flexibility index (Phi) is 6.64. The second-order valence-electron chi connectivity index (χ2n) is 4.01. The molecule has 0 rings (SSSR count). The van der Waals surface area contributed by atoms with Gasteiger partial charge >= 0.3 is 0 Å². The highest BCUT2D eigenvalue weighted by atomic mass is 33.1. The Balaban J connectivity index is 3.02. The van der Waals surface area contributed by atoms with Crippen LogP contribution in [-0.4, -0.2) is 12.0 Å². The van der Waals surface area contributed by atoms with Gasteiger partial charge in [0, 0.05) is 5.75 Å². The summed E-state index contributed by atoms with van der Waals surface area (Å²) in [6.07, 6.45) is 6.27. The van der Waals surface area contributed by atoms with Crippen molar-refractivity contribution in [3.05, 3.63) is 0 Å². The number of unbranched alkanes of at least 4 members (excludes halogenated alkanes) is 1. The van der Waals surface area contributed by atoms with Crippen molar-refractivity contribution in [1.82, 2.24) is 0 Å². The maximum absolute atomic E-state index is 2.31. The SMILES string of the molecule is CSSCCCCC(C)(C)C. The summed E-state index contributed by atoms with van der Waals surface area (Å²) >= 11 is 0. The molecule has 0 aliphatic rings. The summed E-state index contributed by atoms with van der Waals surface area (Å²) in [5.41, 5.74) is 0.532.